The fourth-order valence-corrected chi connectivity index (χ4v) is 3.81. The normalized spacial score (nSPS) is 32.6. The van der Waals surface area contributed by atoms with E-state index in [1.807, 2.05) is 51.1 Å². The van der Waals surface area contributed by atoms with E-state index in [0.717, 1.165) is 16.7 Å². The Bertz CT molecular complexity index is 921. The van der Waals surface area contributed by atoms with Crippen molar-refractivity contribution in [2.24, 2.45) is 0 Å². The van der Waals surface area contributed by atoms with Crippen LogP contribution in [0.1, 0.15) is 74.7 Å². The van der Waals surface area contributed by atoms with Gasteiger partial charge in [0, 0.05) is 19.1 Å². The minimum Gasteiger partial charge on any atom is -0.0590 e. The van der Waals surface area contributed by atoms with Crippen LogP contribution in [-0.4, -0.2) is 0 Å². The molecule has 0 N–H and O–H groups in total. The van der Waals surface area contributed by atoms with Crippen LogP contribution in [0.2, 0.25) is 0 Å². The summed E-state index contributed by atoms with van der Waals surface area (Å²) in [5.74, 6) is 0. The fraction of sp³-hybridized carbons (Fsp3) is 0.429. The Morgan fingerprint density at radius 3 is 2.10 bits per heavy atom. The molecule has 0 aromatic heterocycles. The standard InChI is InChI=1S/C21H26/c1-13-8-9-16-17(11-13)20(4,5)18-12-14(2)10-15(3)19(18)21(16,6)7/h8-12H,1-7H3/i4D3,6D3. The number of benzene rings is 2. The first-order valence-corrected chi connectivity index (χ1v) is 7.39. The van der Waals surface area contributed by atoms with Crippen molar-refractivity contribution in [2.75, 3.05) is 0 Å². The number of fused-ring (bicyclic) bond motifs is 2. The summed E-state index contributed by atoms with van der Waals surface area (Å²) in [7, 11) is 0. The minimum atomic E-state index is -2.32. The van der Waals surface area contributed by atoms with E-state index in [2.05, 4.69) is 0 Å². The highest BCUT2D eigenvalue weighted by molar-refractivity contribution is 5.61. The Morgan fingerprint density at radius 1 is 0.762 bits per heavy atom. The van der Waals surface area contributed by atoms with Crippen LogP contribution in [0.3, 0.4) is 0 Å². The summed E-state index contributed by atoms with van der Waals surface area (Å²) < 4.78 is 50.2. The number of rotatable bonds is 0. The molecule has 0 nitrogen and oxygen atoms in total. The number of aryl methyl sites for hydroxylation is 3. The highest BCUT2D eigenvalue weighted by Gasteiger charge is 2.42. The number of hydrogen-bond acceptors (Lipinski definition) is 0. The third-order valence-electron chi connectivity index (χ3n) is 4.77. The van der Waals surface area contributed by atoms with E-state index in [0.29, 0.717) is 22.3 Å². The Balaban J connectivity index is 2.61. The van der Waals surface area contributed by atoms with E-state index < -0.39 is 24.5 Å². The Hall–Kier alpha value is -1.56. The minimum absolute atomic E-state index is 0.589. The van der Waals surface area contributed by atoms with Crippen molar-refractivity contribution in [1.29, 1.82) is 0 Å². The van der Waals surface area contributed by atoms with Crippen LogP contribution in [0.4, 0.5) is 0 Å². The lowest BCUT2D eigenvalue weighted by atomic mass is 9.58. The highest BCUT2D eigenvalue weighted by Crippen LogP contribution is 2.51. The van der Waals surface area contributed by atoms with Gasteiger partial charge in [-0.25, -0.2) is 0 Å². The van der Waals surface area contributed by atoms with E-state index in [1.165, 1.54) is 0 Å². The molecule has 0 radical (unpaired) electrons. The predicted octanol–water partition coefficient (Wildman–Crippen LogP) is 5.58. The summed E-state index contributed by atoms with van der Waals surface area (Å²) in [6.45, 7) is 4.54. The van der Waals surface area contributed by atoms with Crippen LogP contribution in [0.5, 0.6) is 0 Å². The van der Waals surface area contributed by atoms with Crippen LogP contribution < -0.4 is 0 Å². The Kier molecular flexibility index (Phi) is 1.77. The maximum atomic E-state index is 8.37. The van der Waals surface area contributed by atoms with Gasteiger partial charge in [-0.3, -0.25) is 0 Å². The Labute approximate surface area is 137 Å². The largest absolute Gasteiger partial charge is 0.0590 e. The van der Waals surface area contributed by atoms with Gasteiger partial charge in [-0.15, -0.1) is 0 Å². The first kappa shape index (κ1) is 8.78. The van der Waals surface area contributed by atoms with Crippen LogP contribution in [0, 0.1) is 20.8 Å². The third kappa shape index (κ3) is 1.88. The van der Waals surface area contributed by atoms with Gasteiger partial charge in [-0.05, 0) is 48.6 Å². The molecule has 2 unspecified atom stereocenters. The second-order valence-corrected chi connectivity index (χ2v) is 6.80. The van der Waals surface area contributed by atoms with Crippen LogP contribution >= 0.6 is 0 Å². The molecule has 0 saturated carbocycles. The van der Waals surface area contributed by atoms with Gasteiger partial charge in [0.25, 0.3) is 0 Å². The van der Waals surface area contributed by atoms with Gasteiger partial charge in [0.15, 0.2) is 0 Å². The topological polar surface area (TPSA) is 0 Å². The van der Waals surface area contributed by atoms with E-state index >= 15 is 0 Å². The second kappa shape index (κ2) is 4.22. The summed E-state index contributed by atoms with van der Waals surface area (Å²) in [6.07, 6.45) is 0. The van der Waals surface area contributed by atoms with E-state index in [1.54, 1.807) is 13.8 Å². The van der Waals surface area contributed by atoms with Crippen molar-refractivity contribution < 1.29 is 8.22 Å². The molecule has 0 saturated heterocycles. The molecular weight excluding hydrogens is 252 g/mol. The molecule has 2 aromatic carbocycles. The van der Waals surface area contributed by atoms with Crippen LogP contribution in [-0.2, 0) is 10.8 Å². The summed E-state index contributed by atoms with van der Waals surface area (Å²) in [6, 6.07) is 9.35. The van der Waals surface area contributed by atoms with Crippen molar-refractivity contribution in [3.05, 3.63) is 69.3 Å². The van der Waals surface area contributed by atoms with Gasteiger partial charge in [-0.2, -0.15) is 0 Å². The molecule has 0 spiro atoms. The predicted molar refractivity (Wildman–Crippen MR) is 91.4 cm³/mol. The number of hydrogen-bond donors (Lipinski definition) is 0. The quantitative estimate of drug-likeness (QED) is 0.592. The van der Waals surface area contributed by atoms with E-state index in [4.69, 9.17) is 8.22 Å². The average molecular weight is 284 g/mol. The highest BCUT2D eigenvalue weighted by atomic mass is 14.5. The maximum Gasteiger partial charge on any atom is 0.0243 e. The molecule has 3 rings (SSSR count). The van der Waals surface area contributed by atoms with Gasteiger partial charge < -0.3 is 0 Å². The molecule has 21 heavy (non-hydrogen) atoms. The van der Waals surface area contributed by atoms with Crippen molar-refractivity contribution in [3.8, 4) is 0 Å². The van der Waals surface area contributed by atoms with Gasteiger partial charge in [0.05, 0.1) is 0 Å². The molecule has 0 amide bonds. The smallest absolute Gasteiger partial charge is 0.0243 e. The maximum absolute atomic E-state index is 8.37. The summed E-state index contributed by atoms with van der Waals surface area (Å²) in [4.78, 5) is 0. The zero-order chi connectivity index (χ0) is 20.6. The summed E-state index contributed by atoms with van der Waals surface area (Å²) in [5.41, 5.74) is 2.56. The first-order valence-electron chi connectivity index (χ1n) is 10.4. The van der Waals surface area contributed by atoms with Crippen molar-refractivity contribution in [3.63, 3.8) is 0 Å². The van der Waals surface area contributed by atoms with Crippen molar-refractivity contribution in [1.82, 2.24) is 0 Å². The van der Waals surface area contributed by atoms with Gasteiger partial charge in [0.2, 0.25) is 0 Å². The first-order chi connectivity index (χ1) is 12.2. The van der Waals surface area contributed by atoms with Crippen molar-refractivity contribution in [2.45, 2.75) is 59.2 Å². The Morgan fingerprint density at radius 2 is 1.43 bits per heavy atom. The molecular formula is C21H26. The summed E-state index contributed by atoms with van der Waals surface area (Å²) in [5, 5.41) is 0. The zero-order valence-corrected chi connectivity index (χ0v) is 13.4. The molecule has 2 aromatic rings. The van der Waals surface area contributed by atoms with E-state index in [9.17, 15) is 0 Å². The molecule has 1 aliphatic carbocycles. The SMILES string of the molecule is [2H]C([2H])([2H])C1(C)c2cc(C)ccc2C(C)(C([2H])([2H])[2H])c2c(C)cc(C)cc21. The average Bonchev–Trinajstić information content (AvgIpc) is 2.49. The molecule has 110 valence electrons. The molecule has 2 atom stereocenters. The van der Waals surface area contributed by atoms with Crippen molar-refractivity contribution >= 4 is 0 Å². The zero-order valence-electron chi connectivity index (χ0n) is 19.4. The molecule has 0 bridgehead atoms. The summed E-state index contributed by atoms with van der Waals surface area (Å²) >= 11 is 0. The molecule has 0 heteroatoms. The lowest BCUT2D eigenvalue weighted by molar-refractivity contribution is 0.517. The lowest BCUT2D eigenvalue weighted by Gasteiger charge is -2.45. The third-order valence-corrected chi connectivity index (χ3v) is 4.77. The van der Waals surface area contributed by atoms with Crippen LogP contribution in [0.25, 0.3) is 0 Å². The fourth-order valence-electron chi connectivity index (χ4n) is 3.81. The van der Waals surface area contributed by atoms with Gasteiger partial charge in [-0.1, -0.05) is 69.0 Å². The second-order valence-electron chi connectivity index (χ2n) is 6.80. The monoisotopic (exact) mass is 284 g/mol. The van der Waals surface area contributed by atoms with Gasteiger partial charge in [0.1, 0.15) is 0 Å². The van der Waals surface area contributed by atoms with Gasteiger partial charge >= 0.3 is 0 Å². The molecule has 1 aliphatic rings. The van der Waals surface area contributed by atoms with E-state index in [-0.39, 0.29) is 0 Å². The molecule has 0 heterocycles. The van der Waals surface area contributed by atoms with Crippen LogP contribution in [0.15, 0.2) is 30.3 Å². The molecule has 0 fully saturated rings. The molecule has 0 aliphatic heterocycles. The lowest BCUT2D eigenvalue weighted by Crippen LogP contribution is -2.37.